The number of amides is 1. The summed E-state index contributed by atoms with van der Waals surface area (Å²) >= 11 is 0. The van der Waals surface area contributed by atoms with Crippen molar-refractivity contribution < 1.29 is 23.5 Å². The first-order valence-corrected chi connectivity index (χ1v) is 5.43. The first-order valence-electron chi connectivity index (χ1n) is 5.43. The zero-order chi connectivity index (χ0) is 13.3. The van der Waals surface area contributed by atoms with Crippen molar-refractivity contribution in [2.45, 2.75) is 25.3 Å². The molecule has 1 saturated heterocycles. The molecule has 1 unspecified atom stereocenters. The van der Waals surface area contributed by atoms with E-state index in [-0.39, 0.29) is 24.3 Å². The van der Waals surface area contributed by atoms with Crippen LogP contribution in [-0.4, -0.2) is 23.0 Å². The zero-order valence-corrected chi connectivity index (χ0v) is 9.35. The number of nitrogens with zero attached hydrogens (tertiary/aromatic N) is 1. The molecule has 0 aromatic heterocycles. The van der Waals surface area contributed by atoms with Gasteiger partial charge in [0.15, 0.2) is 0 Å². The number of benzene rings is 1. The van der Waals surface area contributed by atoms with Crippen LogP contribution < -0.4 is 4.90 Å². The molecule has 18 heavy (non-hydrogen) atoms. The number of alkyl halides is 2. The number of carboxylic acid groups (broad SMARTS) is 1. The third-order valence-electron chi connectivity index (χ3n) is 2.92. The summed E-state index contributed by atoms with van der Waals surface area (Å²) in [5.74, 6) is -1.38. The Kier molecular flexibility index (Phi) is 3.27. The van der Waals surface area contributed by atoms with Crippen LogP contribution in [0.4, 0.5) is 14.5 Å². The first-order chi connectivity index (χ1) is 8.50. The minimum absolute atomic E-state index is 0.155. The van der Waals surface area contributed by atoms with E-state index in [0.717, 1.165) is 4.90 Å². The van der Waals surface area contributed by atoms with Crippen molar-refractivity contribution in [3.63, 3.8) is 0 Å². The van der Waals surface area contributed by atoms with Crippen LogP contribution in [0.5, 0.6) is 0 Å². The van der Waals surface area contributed by atoms with Gasteiger partial charge in [0.05, 0.1) is 0 Å². The van der Waals surface area contributed by atoms with E-state index in [2.05, 4.69) is 0 Å². The summed E-state index contributed by atoms with van der Waals surface area (Å²) in [6, 6.07) is 4.19. The lowest BCUT2D eigenvalue weighted by Crippen LogP contribution is -2.38. The highest BCUT2D eigenvalue weighted by Crippen LogP contribution is 2.28. The van der Waals surface area contributed by atoms with E-state index in [0.29, 0.717) is 5.69 Å². The maximum absolute atomic E-state index is 12.4. The molecule has 0 aliphatic carbocycles. The van der Waals surface area contributed by atoms with Crippen LogP contribution in [0.3, 0.4) is 0 Å². The predicted octanol–water partition coefficient (Wildman–Crippen LogP) is 2.20. The van der Waals surface area contributed by atoms with Crippen LogP contribution in [0.25, 0.3) is 0 Å². The summed E-state index contributed by atoms with van der Waals surface area (Å²) in [5.41, 5.74) is 0.187. The first kappa shape index (κ1) is 12.5. The number of aliphatic carboxylic acids is 1. The van der Waals surface area contributed by atoms with Crippen LogP contribution in [0.1, 0.15) is 24.8 Å². The third-order valence-corrected chi connectivity index (χ3v) is 2.92. The topological polar surface area (TPSA) is 57.6 Å². The van der Waals surface area contributed by atoms with Crippen LogP contribution in [-0.2, 0) is 9.59 Å². The van der Waals surface area contributed by atoms with Crippen molar-refractivity contribution in [1.82, 2.24) is 0 Å². The van der Waals surface area contributed by atoms with E-state index in [1.165, 1.54) is 24.3 Å². The normalized spacial score (nSPS) is 19.6. The fourth-order valence-corrected chi connectivity index (χ4v) is 2.02. The van der Waals surface area contributed by atoms with Gasteiger partial charge in [-0.15, -0.1) is 0 Å². The molecule has 1 aromatic carbocycles. The summed E-state index contributed by atoms with van der Waals surface area (Å²) in [7, 11) is 0. The Bertz CT molecular complexity index is 473. The maximum atomic E-state index is 12.4. The SMILES string of the molecule is O=C(O)C1CCC(=O)N1c1ccc(C(F)F)cc1. The fourth-order valence-electron chi connectivity index (χ4n) is 2.02. The van der Waals surface area contributed by atoms with E-state index < -0.39 is 18.4 Å². The second-order valence-electron chi connectivity index (χ2n) is 4.05. The van der Waals surface area contributed by atoms with Gasteiger partial charge < -0.3 is 5.11 Å². The standard InChI is InChI=1S/C12H11F2NO3/c13-11(14)7-1-3-8(4-2-7)15-9(12(17)18)5-6-10(15)16/h1-4,9,11H,5-6H2,(H,17,18). The van der Waals surface area contributed by atoms with Gasteiger partial charge >= 0.3 is 5.97 Å². The molecule has 0 bridgehead atoms. The smallest absolute Gasteiger partial charge is 0.326 e. The van der Waals surface area contributed by atoms with Crippen LogP contribution in [0.2, 0.25) is 0 Å². The second kappa shape index (κ2) is 4.72. The second-order valence-corrected chi connectivity index (χ2v) is 4.05. The molecule has 2 rings (SSSR count). The lowest BCUT2D eigenvalue weighted by molar-refractivity contribution is -0.138. The highest BCUT2D eigenvalue weighted by Gasteiger charge is 2.36. The van der Waals surface area contributed by atoms with Gasteiger partial charge in [0.1, 0.15) is 6.04 Å². The van der Waals surface area contributed by atoms with Crippen molar-refractivity contribution in [2.75, 3.05) is 4.90 Å². The fraction of sp³-hybridized carbons (Fsp3) is 0.333. The van der Waals surface area contributed by atoms with Crippen molar-refractivity contribution in [1.29, 1.82) is 0 Å². The zero-order valence-electron chi connectivity index (χ0n) is 9.35. The molecular formula is C12H11F2NO3. The minimum Gasteiger partial charge on any atom is -0.480 e. The van der Waals surface area contributed by atoms with Crippen LogP contribution in [0.15, 0.2) is 24.3 Å². The monoisotopic (exact) mass is 255 g/mol. The average molecular weight is 255 g/mol. The Morgan fingerprint density at radius 3 is 2.44 bits per heavy atom. The van der Waals surface area contributed by atoms with Gasteiger partial charge in [-0.25, -0.2) is 13.6 Å². The van der Waals surface area contributed by atoms with Gasteiger partial charge in [-0.3, -0.25) is 9.69 Å². The number of carbonyl (C=O) groups is 2. The molecule has 1 amide bonds. The molecule has 1 aliphatic heterocycles. The number of hydrogen-bond donors (Lipinski definition) is 1. The lowest BCUT2D eigenvalue weighted by Gasteiger charge is -2.21. The summed E-state index contributed by atoms with van der Waals surface area (Å²) in [6.45, 7) is 0. The van der Waals surface area contributed by atoms with E-state index in [9.17, 15) is 18.4 Å². The number of hydrogen-bond acceptors (Lipinski definition) is 2. The summed E-state index contributed by atoms with van der Waals surface area (Å²) < 4.78 is 24.8. The number of halogens is 2. The number of carboxylic acids is 1. The molecule has 1 N–H and O–H groups in total. The molecule has 4 nitrogen and oxygen atoms in total. The predicted molar refractivity (Wildman–Crippen MR) is 59.5 cm³/mol. The average Bonchev–Trinajstić information content (AvgIpc) is 2.71. The van der Waals surface area contributed by atoms with Crippen molar-refractivity contribution in [3.05, 3.63) is 29.8 Å². The highest BCUT2D eigenvalue weighted by molar-refractivity contribution is 6.02. The number of rotatable bonds is 3. The number of anilines is 1. The van der Waals surface area contributed by atoms with Crippen LogP contribution in [0, 0.1) is 0 Å². The molecule has 1 atom stereocenters. The van der Waals surface area contributed by atoms with Gasteiger partial charge in [-0.2, -0.15) is 0 Å². The molecule has 0 saturated carbocycles. The van der Waals surface area contributed by atoms with E-state index in [4.69, 9.17) is 5.11 Å². The minimum atomic E-state index is -2.58. The Hall–Kier alpha value is -1.98. The van der Waals surface area contributed by atoms with E-state index in [1.54, 1.807) is 0 Å². The summed E-state index contributed by atoms with van der Waals surface area (Å²) in [4.78, 5) is 23.8. The van der Waals surface area contributed by atoms with Gasteiger partial charge in [-0.1, -0.05) is 12.1 Å². The van der Waals surface area contributed by atoms with Crippen LogP contribution >= 0.6 is 0 Å². The largest absolute Gasteiger partial charge is 0.480 e. The molecule has 1 aromatic rings. The Labute approximate surface area is 102 Å². The number of carbonyl (C=O) groups excluding carboxylic acids is 1. The van der Waals surface area contributed by atoms with Gasteiger partial charge in [0.25, 0.3) is 6.43 Å². The quantitative estimate of drug-likeness (QED) is 0.900. The van der Waals surface area contributed by atoms with E-state index in [1.807, 2.05) is 0 Å². The Morgan fingerprint density at radius 1 is 1.33 bits per heavy atom. The summed E-state index contributed by atoms with van der Waals surface area (Å²) in [5, 5.41) is 8.99. The molecule has 1 fully saturated rings. The molecule has 0 spiro atoms. The lowest BCUT2D eigenvalue weighted by atomic mass is 10.1. The molecule has 1 heterocycles. The third kappa shape index (κ3) is 2.18. The van der Waals surface area contributed by atoms with Gasteiger partial charge in [0.2, 0.25) is 5.91 Å². The van der Waals surface area contributed by atoms with Gasteiger partial charge in [-0.05, 0) is 18.6 Å². The molecule has 6 heteroatoms. The molecule has 0 radical (unpaired) electrons. The molecular weight excluding hydrogens is 244 g/mol. The van der Waals surface area contributed by atoms with Crippen molar-refractivity contribution >= 4 is 17.6 Å². The Morgan fingerprint density at radius 2 is 1.94 bits per heavy atom. The van der Waals surface area contributed by atoms with Crippen molar-refractivity contribution in [2.24, 2.45) is 0 Å². The highest BCUT2D eigenvalue weighted by atomic mass is 19.3. The van der Waals surface area contributed by atoms with Gasteiger partial charge in [0, 0.05) is 17.7 Å². The van der Waals surface area contributed by atoms with E-state index >= 15 is 0 Å². The summed E-state index contributed by atoms with van der Waals surface area (Å²) in [6.07, 6.45) is -2.18. The van der Waals surface area contributed by atoms with Crippen molar-refractivity contribution in [3.8, 4) is 0 Å². The maximum Gasteiger partial charge on any atom is 0.326 e. The molecule has 96 valence electrons. The molecule has 1 aliphatic rings. The Balaban J connectivity index is 2.29.